The molecule has 8 rings (SSSR count). The van der Waals surface area contributed by atoms with E-state index >= 15 is 0 Å². The zero-order chi connectivity index (χ0) is 28.6. The minimum absolute atomic E-state index is 0.604. The highest BCUT2D eigenvalue weighted by Crippen LogP contribution is 2.42. The first-order chi connectivity index (χ1) is 21.3. The molecule has 0 aliphatic carbocycles. The highest BCUT2D eigenvalue weighted by atomic mass is 16.3. The third kappa shape index (κ3) is 4.55. The van der Waals surface area contributed by atoms with Crippen molar-refractivity contribution < 1.29 is 4.42 Å². The van der Waals surface area contributed by atoms with Gasteiger partial charge in [-0.3, -0.25) is 0 Å². The number of nitrogens with zero attached hydrogens (tertiary/aromatic N) is 3. The van der Waals surface area contributed by atoms with E-state index < -0.39 is 0 Å². The van der Waals surface area contributed by atoms with E-state index in [1.165, 1.54) is 0 Å². The first kappa shape index (κ1) is 24.9. The largest absolute Gasteiger partial charge is 0.455 e. The van der Waals surface area contributed by atoms with Crippen LogP contribution in [0.2, 0.25) is 0 Å². The highest BCUT2D eigenvalue weighted by Gasteiger charge is 2.20. The number of hydrogen-bond donors (Lipinski definition) is 0. The van der Waals surface area contributed by atoms with Crippen molar-refractivity contribution in [2.75, 3.05) is 0 Å². The van der Waals surface area contributed by atoms with Crippen molar-refractivity contribution in [1.82, 2.24) is 15.0 Å². The van der Waals surface area contributed by atoms with Crippen LogP contribution in [0.3, 0.4) is 0 Å². The summed E-state index contributed by atoms with van der Waals surface area (Å²) in [6.07, 6.45) is 0. The average molecular weight is 552 g/mol. The predicted octanol–water partition coefficient (Wildman–Crippen LogP) is 10.1. The van der Waals surface area contributed by atoms with E-state index in [1.807, 2.05) is 84.9 Å². The fourth-order valence-electron chi connectivity index (χ4n) is 5.67. The van der Waals surface area contributed by atoms with Crippen LogP contribution < -0.4 is 0 Å². The molecule has 0 bridgehead atoms. The molecule has 0 unspecified atom stereocenters. The molecule has 0 radical (unpaired) electrons. The molecule has 0 aliphatic rings. The number of benzene rings is 6. The molecule has 2 heterocycles. The lowest BCUT2D eigenvalue weighted by Gasteiger charge is -2.10. The second-order valence-corrected chi connectivity index (χ2v) is 10.5. The van der Waals surface area contributed by atoms with E-state index in [1.54, 1.807) is 0 Å². The van der Waals surface area contributed by atoms with Gasteiger partial charge in [-0.05, 0) is 34.9 Å². The Morgan fingerprint density at radius 3 is 1.47 bits per heavy atom. The first-order valence-corrected chi connectivity index (χ1v) is 14.3. The van der Waals surface area contributed by atoms with Crippen LogP contribution in [-0.2, 0) is 0 Å². The summed E-state index contributed by atoms with van der Waals surface area (Å²) in [5.74, 6) is 1.86. The van der Waals surface area contributed by atoms with Crippen LogP contribution in [0.1, 0.15) is 0 Å². The standard InChI is InChI=1S/C39H25N3O/c1-5-14-26(15-6-1)30-24-32(27-16-7-2-8-17-27)36-33(25-30)35-31(22-13-23-34(35)43-36)39-41-37(28-18-9-3-10-19-28)40-38(42-39)29-20-11-4-12-21-29/h1-25H. The average Bonchev–Trinajstić information content (AvgIpc) is 3.48. The van der Waals surface area contributed by atoms with Crippen LogP contribution in [0, 0.1) is 0 Å². The maximum atomic E-state index is 6.65. The summed E-state index contributed by atoms with van der Waals surface area (Å²) in [5.41, 5.74) is 8.81. The van der Waals surface area contributed by atoms with E-state index in [0.29, 0.717) is 17.5 Å². The van der Waals surface area contributed by atoms with Gasteiger partial charge in [-0.15, -0.1) is 0 Å². The number of hydrogen-bond acceptors (Lipinski definition) is 4. The molecule has 8 aromatic rings. The smallest absolute Gasteiger partial charge is 0.164 e. The fraction of sp³-hybridized carbons (Fsp3) is 0. The molecule has 0 amide bonds. The second kappa shape index (κ2) is 10.5. The number of furan rings is 1. The first-order valence-electron chi connectivity index (χ1n) is 14.3. The summed E-state index contributed by atoms with van der Waals surface area (Å²) in [6.45, 7) is 0. The summed E-state index contributed by atoms with van der Waals surface area (Å²) in [7, 11) is 0. The van der Waals surface area contributed by atoms with Gasteiger partial charge in [-0.1, -0.05) is 133 Å². The van der Waals surface area contributed by atoms with Crippen LogP contribution in [-0.4, -0.2) is 15.0 Å². The summed E-state index contributed by atoms with van der Waals surface area (Å²) in [5, 5.41) is 2.01. The zero-order valence-electron chi connectivity index (χ0n) is 23.2. The normalized spacial score (nSPS) is 11.3. The molecule has 0 N–H and O–H groups in total. The molecule has 202 valence electrons. The Hall–Kier alpha value is -5.87. The molecule has 6 aromatic carbocycles. The minimum Gasteiger partial charge on any atom is -0.455 e. The number of aromatic nitrogens is 3. The summed E-state index contributed by atoms with van der Waals surface area (Å²) >= 11 is 0. The molecule has 0 spiro atoms. The van der Waals surface area contributed by atoms with Gasteiger partial charge in [0.05, 0.1) is 0 Å². The molecule has 0 aliphatic heterocycles. The molecule has 4 heteroatoms. The number of fused-ring (bicyclic) bond motifs is 3. The summed E-state index contributed by atoms with van der Waals surface area (Å²) < 4.78 is 6.65. The van der Waals surface area contributed by atoms with Gasteiger partial charge in [0.25, 0.3) is 0 Å². The van der Waals surface area contributed by atoms with Crippen molar-refractivity contribution in [1.29, 1.82) is 0 Å². The van der Waals surface area contributed by atoms with Crippen molar-refractivity contribution in [3.8, 4) is 56.4 Å². The molecule has 4 nitrogen and oxygen atoms in total. The van der Waals surface area contributed by atoms with Crippen LogP contribution in [0.4, 0.5) is 0 Å². The van der Waals surface area contributed by atoms with Crippen LogP contribution in [0.5, 0.6) is 0 Å². The van der Waals surface area contributed by atoms with Crippen LogP contribution in [0.25, 0.3) is 78.4 Å². The molecule has 43 heavy (non-hydrogen) atoms. The Bertz CT molecular complexity index is 2150. The molecular formula is C39H25N3O. The van der Waals surface area contributed by atoms with Crippen LogP contribution in [0.15, 0.2) is 156 Å². The Morgan fingerprint density at radius 2 is 0.884 bits per heavy atom. The van der Waals surface area contributed by atoms with E-state index in [9.17, 15) is 0 Å². The summed E-state index contributed by atoms with van der Waals surface area (Å²) in [6, 6.07) is 51.5. The Morgan fingerprint density at radius 1 is 0.372 bits per heavy atom. The van der Waals surface area contributed by atoms with Crippen molar-refractivity contribution in [3.63, 3.8) is 0 Å². The number of rotatable bonds is 5. The minimum atomic E-state index is 0.604. The molecule has 0 saturated carbocycles. The fourth-order valence-corrected chi connectivity index (χ4v) is 5.67. The SMILES string of the molecule is c1ccc(-c2cc(-c3ccccc3)c3oc4cccc(-c5nc(-c6ccccc6)nc(-c6ccccc6)n5)c4c3c2)cc1. The lowest BCUT2D eigenvalue weighted by molar-refractivity contribution is 0.670. The Kier molecular flexibility index (Phi) is 6.08. The van der Waals surface area contributed by atoms with Gasteiger partial charge in [0, 0.05) is 33.0 Å². The van der Waals surface area contributed by atoms with Gasteiger partial charge in [0.15, 0.2) is 17.5 Å². The maximum Gasteiger partial charge on any atom is 0.164 e. The van der Waals surface area contributed by atoms with Gasteiger partial charge in [-0.25, -0.2) is 15.0 Å². The van der Waals surface area contributed by atoms with Gasteiger partial charge in [0.1, 0.15) is 11.2 Å². The predicted molar refractivity (Wildman–Crippen MR) is 174 cm³/mol. The topological polar surface area (TPSA) is 51.8 Å². The van der Waals surface area contributed by atoms with E-state index in [-0.39, 0.29) is 0 Å². The van der Waals surface area contributed by atoms with Crippen LogP contribution >= 0.6 is 0 Å². The van der Waals surface area contributed by atoms with Gasteiger partial charge >= 0.3 is 0 Å². The summed E-state index contributed by atoms with van der Waals surface area (Å²) in [4.78, 5) is 15.0. The van der Waals surface area contributed by atoms with Gasteiger partial charge < -0.3 is 4.42 Å². The van der Waals surface area contributed by atoms with E-state index in [4.69, 9.17) is 19.4 Å². The third-order valence-corrected chi connectivity index (χ3v) is 7.73. The maximum absolute atomic E-state index is 6.65. The zero-order valence-corrected chi connectivity index (χ0v) is 23.2. The Labute approximate surface area is 249 Å². The monoisotopic (exact) mass is 551 g/mol. The second-order valence-electron chi connectivity index (χ2n) is 10.5. The molecule has 0 saturated heterocycles. The van der Waals surface area contributed by atoms with Crippen molar-refractivity contribution in [2.24, 2.45) is 0 Å². The Balaban J connectivity index is 1.43. The lowest BCUT2D eigenvalue weighted by atomic mass is 9.95. The van der Waals surface area contributed by atoms with Gasteiger partial charge in [-0.2, -0.15) is 0 Å². The quantitative estimate of drug-likeness (QED) is 0.214. The molecule has 0 atom stereocenters. The molecule has 2 aromatic heterocycles. The third-order valence-electron chi connectivity index (χ3n) is 7.73. The van der Waals surface area contributed by atoms with Gasteiger partial charge in [0.2, 0.25) is 0 Å². The van der Waals surface area contributed by atoms with E-state index in [2.05, 4.69) is 66.7 Å². The van der Waals surface area contributed by atoms with Crippen molar-refractivity contribution in [2.45, 2.75) is 0 Å². The van der Waals surface area contributed by atoms with Crippen molar-refractivity contribution in [3.05, 3.63) is 152 Å². The van der Waals surface area contributed by atoms with E-state index in [0.717, 1.165) is 60.9 Å². The van der Waals surface area contributed by atoms with Crippen molar-refractivity contribution >= 4 is 21.9 Å². The highest BCUT2D eigenvalue weighted by molar-refractivity contribution is 6.16. The molecular weight excluding hydrogens is 526 g/mol. The molecule has 0 fully saturated rings. The lowest BCUT2D eigenvalue weighted by Crippen LogP contribution is -2.00.